The molecule has 26 heavy (non-hydrogen) atoms. The standard InChI is InChI=1S/C20H20F6/c1-13(14-4-6-16(7-5-14)19(21,22)23)12-18(2,3)15-8-10-17(11-9-15)20(24,25)26/h4-11,13H,12H2,1-3H3. The van der Waals surface area contributed by atoms with E-state index in [9.17, 15) is 26.3 Å². The van der Waals surface area contributed by atoms with Crippen molar-refractivity contribution in [1.82, 2.24) is 0 Å². The van der Waals surface area contributed by atoms with Crippen molar-refractivity contribution < 1.29 is 26.3 Å². The highest BCUT2D eigenvalue weighted by Crippen LogP contribution is 2.37. The molecule has 0 fully saturated rings. The lowest BCUT2D eigenvalue weighted by Crippen LogP contribution is -2.20. The molecule has 2 aromatic carbocycles. The van der Waals surface area contributed by atoms with Crippen LogP contribution in [0.3, 0.4) is 0 Å². The monoisotopic (exact) mass is 374 g/mol. The molecule has 0 nitrogen and oxygen atoms in total. The molecule has 0 aliphatic heterocycles. The van der Waals surface area contributed by atoms with Crippen LogP contribution in [-0.4, -0.2) is 0 Å². The van der Waals surface area contributed by atoms with Gasteiger partial charge >= 0.3 is 12.4 Å². The van der Waals surface area contributed by atoms with E-state index in [1.165, 1.54) is 24.3 Å². The van der Waals surface area contributed by atoms with Gasteiger partial charge in [0, 0.05) is 0 Å². The van der Waals surface area contributed by atoms with E-state index in [0.717, 1.165) is 35.4 Å². The van der Waals surface area contributed by atoms with Crippen LogP contribution in [0.1, 0.15) is 55.4 Å². The molecule has 1 atom stereocenters. The Balaban J connectivity index is 2.15. The fraction of sp³-hybridized carbons (Fsp3) is 0.400. The van der Waals surface area contributed by atoms with Gasteiger partial charge in [-0.15, -0.1) is 0 Å². The highest BCUT2D eigenvalue weighted by Gasteiger charge is 2.32. The third-order valence-corrected chi connectivity index (χ3v) is 4.62. The average molecular weight is 374 g/mol. The summed E-state index contributed by atoms with van der Waals surface area (Å²) in [6.45, 7) is 5.72. The van der Waals surface area contributed by atoms with Crippen LogP contribution >= 0.6 is 0 Å². The van der Waals surface area contributed by atoms with Crippen LogP contribution in [0.4, 0.5) is 26.3 Å². The molecular weight excluding hydrogens is 354 g/mol. The Hall–Kier alpha value is -1.98. The normalized spacial score (nSPS) is 14.3. The van der Waals surface area contributed by atoms with Crippen molar-refractivity contribution in [2.45, 2.75) is 50.9 Å². The first-order valence-corrected chi connectivity index (χ1v) is 8.15. The minimum Gasteiger partial charge on any atom is -0.166 e. The van der Waals surface area contributed by atoms with E-state index in [-0.39, 0.29) is 5.92 Å². The van der Waals surface area contributed by atoms with Gasteiger partial charge in [0.15, 0.2) is 0 Å². The predicted octanol–water partition coefficient (Wildman–Crippen LogP) is 7.20. The first kappa shape index (κ1) is 20.3. The van der Waals surface area contributed by atoms with Gasteiger partial charge in [-0.2, -0.15) is 26.3 Å². The summed E-state index contributed by atoms with van der Waals surface area (Å²) in [5, 5.41) is 0. The van der Waals surface area contributed by atoms with Gasteiger partial charge < -0.3 is 0 Å². The number of halogens is 6. The largest absolute Gasteiger partial charge is 0.416 e. The van der Waals surface area contributed by atoms with Crippen molar-refractivity contribution in [3.8, 4) is 0 Å². The average Bonchev–Trinajstić information content (AvgIpc) is 2.53. The summed E-state index contributed by atoms with van der Waals surface area (Å²) >= 11 is 0. The van der Waals surface area contributed by atoms with E-state index < -0.39 is 28.9 Å². The molecule has 0 aliphatic carbocycles. The van der Waals surface area contributed by atoms with Gasteiger partial charge in [-0.05, 0) is 53.1 Å². The Kier molecular flexibility index (Phi) is 5.45. The summed E-state index contributed by atoms with van der Waals surface area (Å²) in [4.78, 5) is 0. The maximum atomic E-state index is 12.7. The summed E-state index contributed by atoms with van der Waals surface area (Å²) in [5.41, 5.74) is -0.308. The van der Waals surface area contributed by atoms with E-state index >= 15 is 0 Å². The van der Waals surface area contributed by atoms with Gasteiger partial charge in [-0.25, -0.2) is 0 Å². The van der Waals surface area contributed by atoms with Gasteiger partial charge in [0.25, 0.3) is 0 Å². The molecule has 0 heterocycles. The summed E-state index contributed by atoms with van der Waals surface area (Å²) in [5.74, 6) is -0.0467. The van der Waals surface area contributed by atoms with E-state index in [0.29, 0.717) is 6.42 Å². The molecule has 1 unspecified atom stereocenters. The fourth-order valence-corrected chi connectivity index (χ4v) is 3.11. The third-order valence-electron chi connectivity index (χ3n) is 4.62. The maximum Gasteiger partial charge on any atom is 0.416 e. The highest BCUT2D eigenvalue weighted by atomic mass is 19.4. The molecule has 2 rings (SSSR count). The van der Waals surface area contributed by atoms with E-state index in [4.69, 9.17) is 0 Å². The molecule has 0 aromatic heterocycles. The predicted molar refractivity (Wildman–Crippen MR) is 88.9 cm³/mol. The smallest absolute Gasteiger partial charge is 0.166 e. The van der Waals surface area contributed by atoms with E-state index in [1.54, 1.807) is 0 Å². The Morgan fingerprint density at radius 2 is 1.00 bits per heavy atom. The third kappa shape index (κ3) is 4.80. The molecule has 0 radical (unpaired) electrons. The molecule has 0 aliphatic rings. The van der Waals surface area contributed by atoms with Gasteiger partial charge in [-0.3, -0.25) is 0 Å². The molecule has 0 N–H and O–H groups in total. The molecule has 0 amide bonds. The van der Waals surface area contributed by atoms with Crippen molar-refractivity contribution in [3.05, 3.63) is 70.8 Å². The Bertz CT molecular complexity index is 721. The quantitative estimate of drug-likeness (QED) is 0.497. The van der Waals surface area contributed by atoms with Crippen molar-refractivity contribution in [2.24, 2.45) is 0 Å². The van der Waals surface area contributed by atoms with Crippen LogP contribution in [0.5, 0.6) is 0 Å². The van der Waals surface area contributed by atoms with E-state index in [2.05, 4.69) is 0 Å². The summed E-state index contributed by atoms with van der Waals surface area (Å²) in [6.07, 6.45) is -8.17. The van der Waals surface area contributed by atoms with Gasteiger partial charge in [-0.1, -0.05) is 45.0 Å². The van der Waals surface area contributed by atoms with Crippen LogP contribution in [0.2, 0.25) is 0 Å². The number of alkyl halides is 6. The van der Waals surface area contributed by atoms with Crippen LogP contribution in [-0.2, 0) is 17.8 Å². The second-order valence-electron chi connectivity index (χ2n) is 7.18. The Labute approximate surface area is 148 Å². The van der Waals surface area contributed by atoms with Crippen LogP contribution < -0.4 is 0 Å². The fourth-order valence-electron chi connectivity index (χ4n) is 3.11. The summed E-state index contributed by atoms with van der Waals surface area (Å²) < 4.78 is 76.0. The number of hydrogen-bond acceptors (Lipinski definition) is 0. The zero-order chi connectivity index (χ0) is 19.8. The molecule has 0 saturated heterocycles. The van der Waals surface area contributed by atoms with E-state index in [1.807, 2.05) is 20.8 Å². The number of rotatable bonds is 4. The van der Waals surface area contributed by atoms with Gasteiger partial charge in [0.2, 0.25) is 0 Å². The first-order chi connectivity index (χ1) is 11.8. The van der Waals surface area contributed by atoms with Crippen molar-refractivity contribution in [3.63, 3.8) is 0 Å². The minimum absolute atomic E-state index is 0.0467. The molecule has 0 saturated carbocycles. The van der Waals surface area contributed by atoms with Crippen molar-refractivity contribution in [2.75, 3.05) is 0 Å². The van der Waals surface area contributed by atoms with Gasteiger partial charge in [0.05, 0.1) is 11.1 Å². The topological polar surface area (TPSA) is 0 Å². The molecular formula is C20H20F6. The number of benzene rings is 2. The second kappa shape index (κ2) is 6.97. The Morgan fingerprint density at radius 3 is 1.38 bits per heavy atom. The SMILES string of the molecule is CC(CC(C)(C)c1ccc(C(F)(F)F)cc1)c1ccc(C(F)(F)F)cc1. The molecule has 2 aromatic rings. The number of hydrogen-bond donors (Lipinski definition) is 0. The van der Waals surface area contributed by atoms with Crippen molar-refractivity contribution in [1.29, 1.82) is 0 Å². The minimum atomic E-state index is -4.38. The van der Waals surface area contributed by atoms with Crippen LogP contribution in [0.15, 0.2) is 48.5 Å². The van der Waals surface area contributed by atoms with Gasteiger partial charge in [0.1, 0.15) is 0 Å². The maximum absolute atomic E-state index is 12.7. The lowest BCUT2D eigenvalue weighted by molar-refractivity contribution is -0.138. The van der Waals surface area contributed by atoms with Crippen LogP contribution in [0, 0.1) is 0 Å². The summed E-state index contributed by atoms with van der Waals surface area (Å²) in [6, 6.07) is 10.0. The summed E-state index contributed by atoms with van der Waals surface area (Å²) in [7, 11) is 0. The molecule has 0 bridgehead atoms. The van der Waals surface area contributed by atoms with Crippen LogP contribution in [0.25, 0.3) is 0 Å². The van der Waals surface area contributed by atoms with Crippen molar-refractivity contribution >= 4 is 0 Å². The lowest BCUT2D eigenvalue weighted by Gasteiger charge is -2.29. The lowest BCUT2D eigenvalue weighted by atomic mass is 9.75. The Morgan fingerprint density at radius 1 is 0.654 bits per heavy atom. The zero-order valence-corrected chi connectivity index (χ0v) is 14.7. The molecule has 0 spiro atoms. The second-order valence-corrected chi connectivity index (χ2v) is 7.18. The molecule has 6 heteroatoms. The molecule has 142 valence electrons. The highest BCUT2D eigenvalue weighted by molar-refractivity contribution is 5.31. The zero-order valence-electron chi connectivity index (χ0n) is 14.7. The first-order valence-electron chi connectivity index (χ1n) is 8.15.